The van der Waals surface area contributed by atoms with Gasteiger partial charge in [-0.2, -0.15) is 0 Å². The highest BCUT2D eigenvalue weighted by Gasteiger charge is 2.08. The summed E-state index contributed by atoms with van der Waals surface area (Å²) in [6.07, 6.45) is 0. The average Bonchev–Trinajstić information content (AvgIpc) is 1.99. The molecule has 0 bridgehead atoms. The van der Waals surface area contributed by atoms with Crippen molar-refractivity contribution in [1.82, 2.24) is 9.55 Å². The predicted molar refractivity (Wildman–Crippen MR) is 46.3 cm³/mol. The van der Waals surface area contributed by atoms with Crippen molar-refractivity contribution in [1.29, 1.82) is 0 Å². The molecule has 0 amide bonds. The molecule has 1 rings (SSSR count). The molecule has 0 radical (unpaired) electrons. The number of rotatable bonds is 1. The van der Waals surface area contributed by atoms with Crippen LogP contribution in [-0.4, -0.2) is 15.3 Å². The van der Waals surface area contributed by atoms with Crippen LogP contribution in [0.1, 0.15) is 17.3 Å². The average molecular weight is 199 g/mol. The molecule has 6 heteroatoms. The van der Waals surface area contributed by atoms with Gasteiger partial charge in [0.25, 0.3) is 5.56 Å². The van der Waals surface area contributed by atoms with E-state index in [1.54, 1.807) is 0 Å². The van der Waals surface area contributed by atoms with Crippen molar-refractivity contribution in [2.45, 2.75) is 6.92 Å². The number of hydrogen-bond donors (Lipinski definition) is 1. The maximum atomic E-state index is 11.3. The molecule has 1 N–H and O–H groups in total. The quantitative estimate of drug-likeness (QED) is 0.498. The maximum Gasteiger partial charge on any atom is 0.261 e. The fraction of sp³-hybridized carbons (Fsp3) is 0.286. The fourth-order valence-electron chi connectivity index (χ4n) is 0.911. The standard InChI is InChI=1S/C7H8N2O3S/c1-3(10)4-5(11)8-7(13)9(2)6(4)12/h12H,1-2H3,(H,8,11,13)/p-1. The minimum Gasteiger partial charge on any atom is -0.859 e. The normalized spacial score (nSPS) is 10.0. The number of aromatic nitrogens is 2. The molecular formula is C7H7N2O3S-. The van der Waals surface area contributed by atoms with Gasteiger partial charge in [-0.3, -0.25) is 14.6 Å². The third kappa shape index (κ3) is 1.52. The molecule has 0 aliphatic rings. The van der Waals surface area contributed by atoms with E-state index >= 15 is 0 Å². The molecule has 70 valence electrons. The summed E-state index contributed by atoms with van der Waals surface area (Å²) in [5.74, 6) is -1.21. The first-order valence-electron chi connectivity index (χ1n) is 3.46. The SMILES string of the molecule is CC(=O)c1c([O-])n(C)c(=S)[nH]c1=O. The molecule has 1 aromatic heterocycles. The molecule has 1 aromatic rings. The van der Waals surface area contributed by atoms with E-state index in [1.807, 2.05) is 0 Å². The molecule has 0 atom stereocenters. The van der Waals surface area contributed by atoms with Crippen LogP contribution in [0.15, 0.2) is 4.79 Å². The Kier molecular flexibility index (Phi) is 2.33. The van der Waals surface area contributed by atoms with Gasteiger partial charge in [-0.1, -0.05) is 0 Å². The molecule has 1 heterocycles. The van der Waals surface area contributed by atoms with Crippen molar-refractivity contribution in [3.05, 3.63) is 20.7 Å². The van der Waals surface area contributed by atoms with Crippen LogP contribution in [0.5, 0.6) is 5.88 Å². The molecular weight excluding hydrogens is 192 g/mol. The highest BCUT2D eigenvalue weighted by molar-refractivity contribution is 7.71. The Balaban J connectivity index is 3.73. The van der Waals surface area contributed by atoms with Gasteiger partial charge in [-0.25, -0.2) is 0 Å². The first kappa shape index (κ1) is 9.66. The van der Waals surface area contributed by atoms with E-state index in [9.17, 15) is 14.7 Å². The third-order valence-corrected chi connectivity index (χ3v) is 2.00. The van der Waals surface area contributed by atoms with E-state index in [0.717, 1.165) is 11.5 Å². The van der Waals surface area contributed by atoms with Crippen molar-refractivity contribution < 1.29 is 9.90 Å². The number of aromatic amines is 1. The van der Waals surface area contributed by atoms with E-state index in [1.165, 1.54) is 7.05 Å². The fourth-order valence-corrected chi connectivity index (χ4v) is 1.09. The number of nitrogens with one attached hydrogen (secondary N) is 1. The lowest BCUT2D eigenvalue weighted by atomic mass is 10.2. The topological polar surface area (TPSA) is 77.9 Å². The lowest BCUT2D eigenvalue weighted by molar-refractivity contribution is -0.279. The zero-order valence-electron chi connectivity index (χ0n) is 7.08. The zero-order chi connectivity index (χ0) is 10.2. The van der Waals surface area contributed by atoms with Gasteiger partial charge in [0.2, 0.25) is 0 Å². The third-order valence-electron chi connectivity index (χ3n) is 1.62. The Hall–Kier alpha value is -1.43. The minimum absolute atomic E-state index is 0.0139. The Morgan fingerprint density at radius 1 is 1.62 bits per heavy atom. The Labute approximate surface area is 78.7 Å². The molecule has 0 aromatic carbocycles. The van der Waals surface area contributed by atoms with Crippen LogP contribution in [0.25, 0.3) is 0 Å². The number of hydrogen-bond acceptors (Lipinski definition) is 4. The summed E-state index contributed by atoms with van der Waals surface area (Å²) in [7, 11) is 1.40. The van der Waals surface area contributed by atoms with Gasteiger partial charge in [0, 0.05) is 7.05 Å². The van der Waals surface area contributed by atoms with Crippen molar-refractivity contribution in [3.63, 3.8) is 0 Å². The second-order valence-electron chi connectivity index (χ2n) is 2.55. The van der Waals surface area contributed by atoms with Crippen LogP contribution in [0.3, 0.4) is 0 Å². The smallest absolute Gasteiger partial charge is 0.261 e. The van der Waals surface area contributed by atoms with E-state index in [-0.39, 0.29) is 10.3 Å². The van der Waals surface area contributed by atoms with Crippen molar-refractivity contribution in [3.8, 4) is 5.88 Å². The molecule has 0 aliphatic heterocycles. The molecule has 0 aliphatic carbocycles. The predicted octanol–water partition coefficient (Wildman–Crippen LogP) is -0.281. The second-order valence-corrected chi connectivity index (χ2v) is 2.94. The van der Waals surface area contributed by atoms with Gasteiger partial charge in [0.05, 0.1) is 5.56 Å². The van der Waals surface area contributed by atoms with Crippen LogP contribution in [0.4, 0.5) is 0 Å². The zero-order valence-corrected chi connectivity index (χ0v) is 7.90. The number of carbonyl (C=O) groups excluding carboxylic acids is 1. The van der Waals surface area contributed by atoms with Crippen molar-refractivity contribution in [2.24, 2.45) is 7.05 Å². The van der Waals surface area contributed by atoms with E-state index in [2.05, 4.69) is 17.2 Å². The molecule has 0 saturated carbocycles. The lowest BCUT2D eigenvalue weighted by Crippen LogP contribution is -2.24. The summed E-state index contributed by atoms with van der Waals surface area (Å²) in [4.78, 5) is 24.2. The molecule has 5 nitrogen and oxygen atoms in total. The van der Waals surface area contributed by atoms with Gasteiger partial charge in [0.1, 0.15) is 0 Å². The van der Waals surface area contributed by atoms with E-state index in [0.29, 0.717) is 0 Å². The highest BCUT2D eigenvalue weighted by Crippen LogP contribution is 2.06. The monoisotopic (exact) mass is 199 g/mol. The second kappa shape index (κ2) is 3.14. The summed E-state index contributed by atoms with van der Waals surface area (Å²) < 4.78 is 1.06. The van der Waals surface area contributed by atoms with E-state index < -0.39 is 17.2 Å². The number of carbonyl (C=O) groups is 1. The minimum atomic E-state index is -0.722. The number of H-pyrrole nitrogens is 1. The van der Waals surface area contributed by atoms with Crippen LogP contribution >= 0.6 is 12.2 Å². The van der Waals surface area contributed by atoms with E-state index in [4.69, 9.17) is 0 Å². The van der Waals surface area contributed by atoms with Gasteiger partial charge in [0.15, 0.2) is 10.6 Å². The molecule has 0 spiro atoms. The largest absolute Gasteiger partial charge is 0.859 e. The van der Waals surface area contributed by atoms with Crippen LogP contribution in [-0.2, 0) is 7.05 Å². The maximum absolute atomic E-state index is 11.3. The molecule has 0 fully saturated rings. The van der Waals surface area contributed by atoms with Gasteiger partial charge < -0.3 is 9.67 Å². The number of Topliss-reactive ketones (excluding diaryl/α,β-unsaturated/α-hetero) is 1. The molecule has 0 saturated heterocycles. The Morgan fingerprint density at radius 3 is 2.62 bits per heavy atom. The molecule has 0 unspecified atom stereocenters. The van der Waals surface area contributed by atoms with Crippen LogP contribution < -0.4 is 10.7 Å². The number of ketones is 1. The van der Waals surface area contributed by atoms with Gasteiger partial charge in [-0.05, 0) is 25.0 Å². The van der Waals surface area contributed by atoms with Crippen molar-refractivity contribution >= 4 is 18.0 Å². The highest BCUT2D eigenvalue weighted by atomic mass is 32.1. The Morgan fingerprint density at radius 2 is 2.15 bits per heavy atom. The Bertz CT molecular complexity index is 472. The summed E-state index contributed by atoms with van der Waals surface area (Å²) >= 11 is 4.67. The van der Waals surface area contributed by atoms with Gasteiger partial charge in [-0.15, -0.1) is 0 Å². The van der Waals surface area contributed by atoms with Crippen molar-refractivity contribution in [2.75, 3.05) is 0 Å². The summed E-state index contributed by atoms with van der Waals surface area (Å²) in [5, 5.41) is 11.3. The lowest BCUT2D eigenvalue weighted by Gasteiger charge is -2.15. The van der Waals surface area contributed by atoms with Crippen LogP contribution in [0, 0.1) is 4.77 Å². The first-order valence-corrected chi connectivity index (χ1v) is 3.87. The summed E-state index contributed by atoms with van der Waals surface area (Å²) in [6.45, 7) is 1.16. The molecule has 13 heavy (non-hydrogen) atoms. The van der Waals surface area contributed by atoms with Crippen LogP contribution in [0.2, 0.25) is 0 Å². The summed E-state index contributed by atoms with van der Waals surface area (Å²) in [6, 6.07) is 0. The van der Waals surface area contributed by atoms with Gasteiger partial charge >= 0.3 is 0 Å². The number of nitrogens with zero attached hydrogens (tertiary/aromatic N) is 1. The first-order chi connectivity index (χ1) is 5.95. The summed E-state index contributed by atoms with van der Waals surface area (Å²) in [5.41, 5.74) is -1.10.